The molecule has 2 aromatic rings. The van der Waals surface area contributed by atoms with Gasteiger partial charge in [-0.15, -0.1) is 11.3 Å². The highest BCUT2D eigenvalue weighted by Crippen LogP contribution is 2.25. The first kappa shape index (κ1) is 11.5. The van der Waals surface area contributed by atoms with E-state index in [-0.39, 0.29) is 0 Å². The third-order valence-electron chi connectivity index (χ3n) is 2.19. The van der Waals surface area contributed by atoms with Crippen LogP contribution in [-0.4, -0.2) is 9.97 Å². The van der Waals surface area contributed by atoms with Gasteiger partial charge in [-0.1, -0.05) is 6.92 Å². The summed E-state index contributed by atoms with van der Waals surface area (Å²) in [4.78, 5) is 10.0. The van der Waals surface area contributed by atoms with E-state index in [1.807, 2.05) is 12.1 Å². The first-order valence-electron chi connectivity index (χ1n) is 5.04. The number of pyridine rings is 1. The van der Waals surface area contributed by atoms with Gasteiger partial charge in [0.2, 0.25) is 0 Å². The number of halogens is 1. The third-order valence-corrected chi connectivity index (χ3v) is 3.59. The second-order valence-electron chi connectivity index (χ2n) is 3.36. The largest absolute Gasteiger partial charge is 0.316 e. The summed E-state index contributed by atoms with van der Waals surface area (Å²) < 4.78 is 0.975. The number of thiazole rings is 1. The lowest BCUT2D eigenvalue weighted by Gasteiger charge is -2.00. The van der Waals surface area contributed by atoms with E-state index in [0.29, 0.717) is 0 Å². The van der Waals surface area contributed by atoms with Crippen LogP contribution in [0, 0.1) is 6.92 Å². The number of rotatable bonds is 3. The third kappa shape index (κ3) is 2.59. The molecule has 2 heterocycles. The van der Waals surface area contributed by atoms with Crippen LogP contribution in [0.1, 0.15) is 17.5 Å². The number of aromatic nitrogens is 2. The van der Waals surface area contributed by atoms with Crippen molar-refractivity contribution in [3.8, 4) is 0 Å². The first-order chi connectivity index (χ1) is 7.69. The van der Waals surface area contributed by atoms with Gasteiger partial charge in [-0.25, -0.2) is 9.97 Å². The molecular formula is C11H12BrN3S. The summed E-state index contributed by atoms with van der Waals surface area (Å²) in [5.74, 6) is 0.819. The van der Waals surface area contributed by atoms with Gasteiger partial charge in [0.1, 0.15) is 5.82 Å². The van der Waals surface area contributed by atoms with Crippen LogP contribution in [-0.2, 0) is 6.42 Å². The van der Waals surface area contributed by atoms with E-state index in [0.717, 1.165) is 27.5 Å². The van der Waals surface area contributed by atoms with Crippen molar-refractivity contribution in [1.29, 1.82) is 0 Å². The average molecular weight is 298 g/mol. The van der Waals surface area contributed by atoms with E-state index in [9.17, 15) is 0 Å². The molecule has 2 rings (SSSR count). The summed E-state index contributed by atoms with van der Waals surface area (Å²) in [5.41, 5.74) is 1.16. The van der Waals surface area contributed by atoms with Crippen molar-refractivity contribution in [2.45, 2.75) is 20.3 Å². The number of nitrogens with zero attached hydrogens (tertiary/aromatic N) is 2. The molecule has 0 saturated carbocycles. The molecule has 0 atom stereocenters. The highest BCUT2D eigenvalue weighted by atomic mass is 79.9. The predicted molar refractivity (Wildman–Crippen MR) is 71.4 cm³/mol. The van der Waals surface area contributed by atoms with Crippen LogP contribution in [0.3, 0.4) is 0 Å². The van der Waals surface area contributed by atoms with Gasteiger partial charge in [0.15, 0.2) is 5.13 Å². The fourth-order valence-corrected chi connectivity index (χ4v) is 2.51. The van der Waals surface area contributed by atoms with Crippen molar-refractivity contribution >= 4 is 38.2 Å². The van der Waals surface area contributed by atoms with Gasteiger partial charge in [0, 0.05) is 15.5 Å². The van der Waals surface area contributed by atoms with Crippen LogP contribution in [0.15, 0.2) is 22.8 Å². The maximum atomic E-state index is 4.50. The molecule has 0 bridgehead atoms. The minimum atomic E-state index is 0.819. The Morgan fingerprint density at radius 1 is 1.44 bits per heavy atom. The lowest BCUT2D eigenvalue weighted by molar-refractivity contribution is 1.04. The highest BCUT2D eigenvalue weighted by Gasteiger charge is 2.06. The zero-order valence-electron chi connectivity index (χ0n) is 9.12. The zero-order valence-corrected chi connectivity index (χ0v) is 11.5. The summed E-state index contributed by atoms with van der Waals surface area (Å²) in [7, 11) is 0. The topological polar surface area (TPSA) is 37.8 Å². The lowest BCUT2D eigenvalue weighted by Crippen LogP contribution is -1.92. The molecule has 84 valence electrons. The summed E-state index contributed by atoms with van der Waals surface area (Å²) in [6.07, 6.45) is 2.74. The molecule has 3 nitrogen and oxygen atoms in total. The molecule has 0 amide bonds. The molecule has 0 aliphatic rings. The fourth-order valence-electron chi connectivity index (χ4n) is 1.37. The molecule has 0 fully saturated rings. The lowest BCUT2D eigenvalue weighted by atomic mass is 10.3. The molecule has 0 radical (unpaired) electrons. The predicted octanol–water partition coefficient (Wildman–Crippen LogP) is 3.92. The summed E-state index contributed by atoms with van der Waals surface area (Å²) in [5, 5.41) is 4.11. The van der Waals surface area contributed by atoms with Crippen molar-refractivity contribution in [2.24, 2.45) is 0 Å². The molecule has 0 aliphatic heterocycles. The maximum Gasteiger partial charge on any atom is 0.188 e. The standard InChI is InChI=1S/C11H12BrN3S/c1-3-9-7(2)16-11(14-9)15-10-5-4-8(12)6-13-10/h4-6H,3H2,1-2H3,(H,13,14,15). The Hall–Kier alpha value is -0.940. The van der Waals surface area contributed by atoms with Crippen LogP contribution in [0.5, 0.6) is 0 Å². The quantitative estimate of drug-likeness (QED) is 0.933. The van der Waals surface area contributed by atoms with Crippen molar-refractivity contribution < 1.29 is 0 Å². The van der Waals surface area contributed by atoms with Gasteiger partial charge >= 0.3 is 0 Å². The maximum absolute atomic E-state index is 4.50. The van der Waals surface area contributed by atoms with E-state index in [1.165, 1.54) is 4.88 Å². The Labute approximate surface area is 107 Å². The number of aryl methyl sites for hydroxylation is 2. The Bertz CT molecular complexity index is 478. The van der Waals surface area contributed by atoms with E-state index >= 15 is 0 Å². The molecule has 0 spiro atoms. The van der Waals surface area contributed by atoms with Gasteiger partial charge in [0.05, 0.1) is 5.69 Å². The minimum absolute atomic E-state index is 0.819. The number of anilines is 2. The second kappa shape index (κ2) is 4.93. The van der Waals surface area contributed by atoms with E-state index in [4.69, 9.17) is 0 Å². The fraction of sp³-hybridized carbons (Fsp3) is 0.273. The first-order valence-corrected chi connectivity index (χ1v) is 6.65. The van der Waals surface area contributed by atoms with E-state index in [2.05, 4.69) is 45.1 Å². The summed E-state index contributed by atoms with van der Waals surface area (Å²) in [6, 6.07) is 3.88. The zero-order chi connectivity index (χ0) is 11.5. The van der Waals surface area contributed by atoms with Crippen molar-refractivity contribution in [1.82, 2.24) is 9.97 Å². The van der Waals surface area contributed by atoms with Crippen molar-refractivity contribution in [3.05, 3.63) is 33.4 Å². The van der Waals surface area contributed by atoms with Crippen molar-refractivity contribution in [2.75, 3.05) is 5.32 Å². The number of hydrogen-bond donors (Lipinski definition) is 1. The molecular weight excluding hydrogens is 286 g/mol. The van der Waals surface area contributed by atoms with Gasteiger partial charge in [-0.3, -0.25) is 0 Å². The van der Waals surface area contributed by atoms with Crippen LogP contribution >= 0.6 is 27.3 Å². The molecule has 16 heavy (non-hydrogen) atoms. The molecule has 2 aromatic heterocycles. The Morgan fingerprint density at radius 2 is 2.25 bits per heavy atom. The van der Waals surface area contributed by atoms with Gasteiger partial charge < -0.3 is 5.32 Å². The van der Waals surface area contributed by atoms with Crippen LogP contribution in [0.25, 0.3) is 0 Å². The molecule has 0 aliphatic carbocycles. The Balaban J connectivity index is 2.17. The molecule has 5 heteroatoms. The Kier molecular flexibility index (Phi) is 3.56. The molecule has 1 N–H and O–H groups in total. The number of nitrogens with one attached hydrogen (secondary N) is 1. The molecule has 0 aromatic carbocycles. The number of hydrogen-bond acceptors (Lipinski definition) is 4. The molecule has 0 unspecified atom stereocenters. The minimum Gasteiger partial charge on any atom is -0.316 e. The van der Waals surface area contributed by atoms with Crippen LogP contribution in [0.2, 0.25) is 0 Å². The van der Waals surface area contributed by atoms with Gasteiger partial charge in [-0.05, 0) is 41.4 Å². The van der Waals surface area contributed by atoms with E-state index < -0.39 is 0 Å². The van der Waals surface area contributed by atoms with Crippen LogP contribution in [0.4, 0.5) is 10.9 Å². The monoisotopic (exact) mass is 297 g/mol. The van der Waals surface area contributed by atoms with E-state index in [1.54, 1.807) is 17.5 Å². The summed E-state index contributed by atoms with van der Waals surface area (Å²) in [6.45, 7) is 4.21. The van der Waals surface area contributed by atoms with Gasteiger partial charge in [0.25, 0.3) is 0 Å². The summed E-state index contributed by atoms with van der Waals surface area (Å²) >= 11 is 5.02. The van der Waals surface area contributed by atoms with Crippen LogP contribution < -0.4 is 5.32 Å². The normalized spacial score (nSPS) is 10.4. The SMILES string of the molecule is CCc1nc(Nc2ccc(Br)cn2)sc1C. The second-order valence-corrected chi connectivity index (χ2v) is 5.48. The smallest absolute Gasteiger partial charge is 0.188 e. The molecule has 0 saturated heterocycles. The Morgan fingerprint density at radius 3 is 2.81 bits per heavy atom. The van der Waals surface area contributed by atoms with Crippen molar-refractivity contribution in [3.63, 3.8) is 0 Å². The average Bonchev–Trinajstić information content (AvgIpc) is 2.62. The van der Waals surface area contributed by atoms with Gasteiger partial charge in [-0.2, -0.15) is 0 Å². The highest BCUT2D eigenvalue weighted by molar-refractivity contribution is 9.10.